The van der Waals surface area contributed by atoms with Crippen LogP contribution in [-0.4, -0.2) is 39.3 Å². The maximum atomic E-state index is 10.9. The number of hydrogen-bond donors (Lipinski definition) is 1. The van der Waals surface area contributed by atoms with Gasteiger partial charge in [-0.3, -0.25) is 9.69 Å². The number of aliphatic carboxylic acids is 1. The molecule has 2 heterocycles. The molecule has 0 bridgehead atoms. The number of carboxylic acid groups (broad SMARTS) is 1. The number of aromatic nitrogens is 2. The Morgan fingerprint density at radius 1 is 1.38 bits per heavy atom. The second kappa shape index (κ2) is 6.86. The highest BCUT2D eigenvalue weighted by molar-refractivity contribution is 9.10. The fourth-order valence-corrected chi connectivity index (χ4v) is 2.24. The van der Waals surface area contributed by atoms with Crippen LogP contribution >= 0.6 is 15.9 Å². The van der Waals surface area contributed by atoms with Crippen LogP contribution in [0.3, 0.4) is 0 Å². The molecule has 0 aromatic carbocycles. The van der Waals surface area contributed by atoms with E-state index in [0.717, 1.165) is 0 Å². The van der Waals surface area contributed by atoms with Crippen molar-refractivity contribution in [3.05, 3.63) is 22.7 Å². The maximum absolute atomic E-state index is 10.9. The Bertz CT molecular complexity index is 608. The molecule has 0 spiro atoms. The summed E-state index contributed by atoms with van der Waals surface area (Å²) in [6, 6.07) is 3.44. The highest BCUT2D eigenvalue weighted by atomic mass is 79.9. The average Bonchev–Trinajstić information content (AvgIpc) is 2.96. The van der Waals surface area contributed by atoms with Crippen LogP contribution in [0.2, 0.25) is 0 Å². The lowest BCUT2D eigenvalue weighted by Crippen LogP contribution is -2.32. The topological polar surface area (TPSA) is 92.6 Å². The van der Waals surface area contributed by atoms with Crippen molar-refractivity contribution < 1.29 is 18.7 Å². The Balaban J connectivity index is 2.07. The van der Waals surface area contributed by atoms with Crippen LogP contribution in [0.5, 0.6) is 0 Å². The molecule has 114 valence electrons. The molecule has 1 N–H and O–H groups in total. The second-order valence-electron chi connectivity index (χ2n) is 5.06. The van der Waals surface area contributed by atoms with Gasteiger partial charge in [0.05, 0.1) is 13.1 Å². The molecule has 2 aromatic rings. The molecule has 21 heavy (non-hydrogen) atoms. The molecule has 0 aliphatic heterocycles. The Hall–Kier alpha value is -1.67. The minimum absolute atomic E-state index is 0.0673. The fourth-order valence-electron chi connectivity index (χ4n) is 1.93. The summed E-state index contributed by atoms with van der Waals surface area (Å²) in [5.74, 6) is 0.558. The molecule has 0 radical (unpaired) electrons. The monoisotopic (exact) mass is 357 g/mol. The standard InChI is InChI=1S/C13H16BrN3O4/c1-8(2)5-17(7-12(18)19)6-11-15-16-13(21-11)9-3-4-10(14)20-9/h3-4,8H,5-7H2,1-2H3,(H,18,19). The maximum Gasteiger partial charge on any atom is 0.317 e. The van der Waals surface area contributed by atoms with Crippen LogP contribution in [0.15, 0.2) is 25.6 Å². The quantitative estimate of drug-likeness (QED) is 0.813. The van der Waals surface area contributed by atoms with Crippen LogP contribution in [0, 0.1) is 5.92 Å². The van der Waals surface area contributed by atoms with Crippen LogP contribution in [0.25, 0.3) is 11.7 Å². The van der Waals surface area contributed by atoms with Gasteiger partial charge in [-0.2, -0.15) is 0 Å². The van der Waals surface area contributed by atoms with Gasteiger partial charge < -0.3 is 13.9 Å². The molecule has 0 unspecified atom stereocenters. The number of carboxylic acids is 1. The van der Waals surface area contributed by atoms with Crippen molar-refractivity contribution in [1.82, 2.24) is 15.1 Å². The van der Waals surface area contributed by atoms with E-state index in [1.807, 2.05) is 13.8 Å². The van der Waals surface area contributed by atoms with Gasteiger partial charge in [0.25, 0.3) is 5.89 Å². The summed E-state index contributed by atoms with van der Waals surface area (Å²) in [6.45, 7) is 4.90. The Labute approximate surface area is 130 Å². The van der Waals surface area contributed by atoms with Crippen LogP contribution < -0.4 is 0 Å². The molecule has 0 aliphatic carbocycles. The van der Waals surface area contributed by atoms with E-state index in [1.54, 1.807) is 17.0 Å². The largest absolute Gasteiger partial charge is 0.480 e. The first-order chi connectivity index (χ1) is 9.94. The number of halogens is 1. The van der Waals surface area contributed by atoms with Crippen molar-refractivity contribution >= 4 is 21.9 Å². The lowest BCUT2D eigenvalue weighted by molar-refractivity contribution is -0.138. The smallest absolute Gasteiger partial charge is 0.317 e. The van der Waals surface area contributed by atoms with E-state index in [0.29, 0.717) is 35.3 Å². The first-order valence-electron chi connectivity index (χ1n) is 6.46. The van der Waals surface area contributed by atoms with E-state index in [-0.39, 0.29) is 12.4 Å². The van der Waals surface area contributed by atoms with Gasteiger partial charge in [0.15, 0.2) is 10.4 Å². The SMILES string of the molecule is CC(C)CN(CC(=O)O)Cc1nnc(-c2ccc(Br)o2)o1. The van der Waals surface area contributed by atoms with Crippen molar-refractivity contribution in [3.8, 4) is 11.7 Å². The number of furan rings is 1. The summed E-state index contributed by atoms with van der Waals surface area (Å²) in [5.41, 5.74) is 0. The Morgan fingerprint density at radius 2 is 2.14 bits per heavy atom. The van der Waals surface area contributed by atoms with Crippen LogP contribution in [-0.2, 0) is 11.3 Å². The Kier molecular flexibility index (Phi) is 5.13. The predicted molar refractivity (Wildman–Crippen MR) is 77.5 cm³/mol. The predicted octanol–water partition coefficient (Wildman–Crippen LogP) is 2.63. The van der Waals surface area contributed by atoms with Crippen molar-refractivity contribution in [2.24, 2.45) is 5.92 Å². The van der Waals surface area contributed by atoms with Gasteiger partial charge in [-0.1, -0.05) is 13.8 Å². The zero-order chi connectivity index (χ0) is 15.4. The zero-order valence-corrected chi connectivity index (χ0v) is 13.3. The van der Waals surface area contributed by atoms with E-state index < -0.39 is 5.97 Å². The van der Waals surface area contributed by atoms with E-state index in [4.69, 9.17) is 13.9 Å². The lowest BCUT2D eigenvalue weighted by Gasteiger charge is -2.20. The minimum Gasteiger partial charge on any atom is -0.480 e. The minimum atomic E-state index is -0.884. The molecule has 7 nitrogen and oxygen atoms in total. The van der Waals surface area contributed by atoms with E-state index in [9.17, 15) is 4.79 Å². The normalized spacial score (nSPS) is 11.5. The second-order valence-corrected chi connectivity index (χ2v) is 5.84. The van der Waals surface area contributed by atoms with Crippen molar-refractivity contribution in [1.29, 1.82) is 0 Å². The molecule has 0 saturated heterocycles. The van der Waals surface area contributed by atoms with Gasteiger partial charge in [0, 0.05) is 6.54 Å². The molecule has 2 rings (SSSR count). The number of nitrogens with zero attached hydrogens (tertiary/aromatic N) is 3. The first-order valence-corrected chi connectivity index (χ1v) is 7.25. The van der Waals surface area contributed by atoms with Crippen molar-refractivity contribution in [2.45, 2.75) is 20.4 Å². The zero-order valence-electron chi connectivity index (χ0n) is 11.7. The van der Waals surface area contributed by atoms with Gasteiger partial charge in [-0.15, -0.1) is 10.2 Å². The third-order valence-corrected chi connectivity index (χ3v) is 3.02. The summed E-state index contributed by atoms with van der Waals surface area (Å²) in [4.78, 5) is 12.6. The molecule has 2 aromatic heterocycles. The van der Waals surface area contributed by atoms with Gasteiger partial charge in [0.2, 0.25) is 5.89 Å². The van der Waals surface area contributed by atoms with Gasteiger partial charge in [0.1, 0.15) is 0 Å². The summed E-state index contributed by atoms with van der Waals surface area (Å²) >= 11 is 3.20. The Morgan fingerprint density at radius 3 is 2.71 bits per heavy atom. The first kappa shape index (κ1) is 15.7. The van der Waals surface area contributed by atoms with Crippen molar-refractivity contribution in [3.63, 3.8) is 0 Å². The van der Waals surface area contributed by atoms with Crippen molar-refractivity contribution in [2.75, 3.05) is 13.1 Å². The van der Waals surface area contributed by atoms with E-state index in [1.165, 1.54) is 0 Å². The molecule has 0 aliphatic rings. The third kappa shape index (κ3) is 4.68. The van der Waals surface area contributed by atoms with Crippen LogP contribution in [0.4, 0.5) is 0 Å². The lowest BCUT2D eigenvalue weighted by atomic mass is 10.2. The summed E-state index contributed by atoms with van der Waals surface area (Å²) < 4.78 is 11.4. The number of rotatable bonds is 7. The van der Waals surface area contributed by atoms with E-state index >= 15 is 0 Å². The highest BCUT2D eigenvalue weighted by Gasteiger charge is 2.17. The molecule has 0 amide bonds. The molecule has 0 atom stereocenters. The van der Waals surface area contributed by atoms with Gasteiger partial charge >= 0.3 is 5.97 Å². The van der Waals surface area contributed by atoms with Crippen LogP contribution in [0.1, 0.15) is 19.7 Å². The highest BCUT2D eigenvalue weighted by Crippen LogP contribution is 2.24. The molecular weight excluding hydrogens is 342 g/mol. The van der Waals surface area contributed by atoms with Gasteiger partial charge in [-0.25, -0.2) is 0 Å². The molecular formula is C13H16BrN3O4. The number of carbonyl (C=O) groups is 1. The fraction of sp³-hybridized carbons (Fsp3) is 0.462. The molecule has 8 heteroatoms. The van der Waals surface area contributed by atoms with E-state index in [2.05, 4.69) is 26.1 Å². The third-order valence-electron chi connectivity index (χ3n) is 2.59. The number of hydrogen-bond acceptors (Lipinski definition) is 6. The summed E-state index contributed by atoms with van der Waals surface area (Å²) in [6.07, 6.45) is 0. The summed E-state index contributed by atoms with van der Waals surface area (Å²) in [5, 5.41) is 16.8. The summed E-state index contributed by atoms with van der Waals surface area (Å²) in [7, 11) is 0. The molecule has 0 fully saturated rings. The molecule has 0 saturated carbocycles. The van der Waals surface area contributed by atoms with Gasteiger partial charge in [-0.05, 0) is 34.0 Å². The average molecular weight is 358 g/mol.